The highest BCUT2D eigenvalue weighted by Crippen LogP contribution is 2.39. The van der Waals surface area contributed by atoms with E-state index in [1.54, 1.807) is 0 Å². The average molecular weight is 294 g/mol. The normalized spacial score (nSPS) is 29.6. The zero-order chi connectivity index (χ0) is 15.1. The van der Waals surface area contributed by atoms with Gasteiger partial charge in [-0.2, -0.15) is 0 Å². The van der Waals surface area contributed by atoms with Crippen LogP contribution in [0.4, 0.5) is 4.79 Å². The highest BCUT2D eigenvalue weighted by atomic mass is 16.7. The molecular formula is C18H30O3. The minimum absolute atomic E-state index is 0.464. The first-order valence-electron chi connectivity index (χ1n) is 8.72. The van der Waals surface area contributed by atoms with E-state index in [9.17, 15) is 4.79 Å². The van der Waals surface area contributed by atoms with E-state index in [-0.39, 0.29) is 0 Å². The molecule has 0 bridgehead atoms. The first-order chi connectivity index (χ1) is 10.2. The third-order valence-electron chi connectivity index (χ3n) is 5.07. The SMILES string of the molecule is CCCCOC(=O)OC1=CCC(C2CCC(C)CC2)CC1. The molecule has 2 rings (SSSR count). The van der Waals surface area contributed by atoms with Gasteiger partial charge in [-0.05, 0) is 55.9 Å². The van der Waals surface area contributed by atoms with Gasteiger partial charge in [0.05, 0.1) is 6.61 Å². The molecule has 0 spiro atoms. The highest BCUT2D eigenvalue weighted by molar-refractivity contribution is 5.61. The van der Waals surface area contributed by atoms with Crippen molar-refractivity contribution in [2.24, 2.45) is 17.8 Å². The van der Waals surface area contributed by atoms with Crippen molar-refractivity contribution >= 4 is 6.16 Å². The highest BCUT2D eigenvalue weighted by Gasteiger charge is 2.28. The minimum Gasteiger partial charge on any atom is -0.434 e. The second-order valence-corrected chi connectivity index (χ2v) is 6.78. The standard InChI is InChI=1S/C18H30O3/c1-3-4-13-20-18(19)21-17-11-9-16(10-12-17)15-7-5-14(2)6-8-15/h11,14-16H,3-10,12-13H2,1-2H3. The Bertz CT molecular complexity index is 353. The van der Waals surface area contributed by atoms with Crippen LogP contribution in [0.3, 0.4) is 0 Å². The number of unbranched alkanes of at least 4 members (excludes halogenated alkanes) is 1. The lowest BCUT2D eigenvalue weighted by Gasteiger charge is -2.34. The summed E-state index contributed by atoms with van der Waals surface area (Å²) in [7, 11) is 0. The molecule has 0 amide bonds. The molecule has 3 heteroatoms. The van der Waals surface area contributed by atoms with Gasteiger partial charge in [0.15, 0.2) is 0 Å². The second kappa shape index (κ2) is 8.45. The molecule has 3 nitrogen and oxygen atoms in total. The second-order valence-electron chi connectivity index (χ2n) is 6.78. The lowest BCUT2D eigenvalue weighted by Crippen LogP contribution is -2.23. The Morgan fingerprint density at radius 3 is 2.57 bits per heavy atom. The molecule has 0 aliphatic heterocycles. The molecule has 2 aliphatic carbocycles. The molecule has 0 aromatic carbocycles. The fourth-order valence-corrected chi connectivity index (χ4v) is 3.54. The zero-order valence-corrected chi connectivity index (χ0v) is 13.6. The maximum absolute atomic E-state index is 11.5. The third kappa shape index (κ3) is 5.37. The van der Waals surface area contributed by atoms with Crippen molar-refractivity contribution in [1.82, 2.24) is 0 Å². The molecule has 1 saturated carbocycles. The molecule has 21 heavy (non-hydrogen) atoms. The summed E-state index contributed by atoms with van der Waals surface area (Å²) in [5.41, 5.74) is 0. The van der Waals surface area contributed by atoms with Gasteiger partial charge < -0.3 is 9.47 Å². The molecule has 1 unspecified atom stereocenters. The van der Waals surface area contributed by atoms with E-state index in [0.717, 1.165) is 55.6 Å². The van der Waals surface area contributed by atoms with Crippen LogP contribution in [0.5, 0.6) is 0 Å². The summed E-state index contributed by atoms with van der Waals surface area (Å²) >= 11 is 0. The number of rotatable bonds is 5. The Labute approximate surface area is 129 Å². The topological polar surface area (TPSA) is 35.5 Å². The van der Waals surface area contributed by atoms with Crippen LogP contribution >= 0.6 is 0 Å². The molecule has 0 aromatic heterocycles. The van der Waals surface area contributed by atoms with Crippen LogP contribution in [0.2, 0.25) is 0 Å². The molecule has 2 aliphatic rings. The van der Waals surface area contributed by atoms with Crippen LogP contribution in [0, 0.1) is 17.8 Å². The summed E-state index contributed by atoms with van der Waals surface area (Å²) in [4.78, 5) is 11.5. The van der Waals surface area contributed by atoms with Crippen LogP contribution in [0.25, 0.3) is 0 Å². The number of ether oxygens (including phenoxy) is 2. The lowest BCUT2D eigenvalue weighted by atomic mass is 9.72. The predicted molar refractivity (Wildman–Crippen MR) is 83.9 cm³/mol. The van der Waals surface area contributed by atoms with Gasteiger partial charge in [-0.1, -0.05) is 33.1 Å². The smallest absolute Gasteiger partial charge is 0.434 e. The summed E-state index contributed by atoms with van der Waals surface area (Å²) in [5.74, 6) is 3.41. The molecule has 120 valence electrons. The Morgan fingerprint density at radius 2 is 1.95 bits per heavy atom. The van der Waals surface area contributed by atoms with Gasteiger partial charge >= 0.3 is 6.16 Å². The van der Waals surface area contributed by atoms with Crippen molar-refractivity contribution in [3.63, 3.8) is 0 Å². The van der Waals surface area contributed by atoms with Crippen LogP contribution in [0.1, 0.15) is 71.6 Å². The third-order valence-corrected chi connectivity index (χ3v) is 5.07. The monoisotopic (exact) mass is 294 g/mol. The van der Waals surface area contributed by atoms with Gasteiger partial charge in [0.25, 0.3) is 0 Å². The first-order valence-corrected chi connectivity index (χ1v) is 8.72. The largest absolute Gasteiger partial charge is 0.513 e. The van der Waals surface area contributed by atoms with Crippen molar-refractivity contribution in [3.05, 3.63) is 11.8 Å². The quantitative estimate of drug-likeness (QED) is 0.499. The number of carbonyl (C=O) groups excluding carboxylic acids is 1. The zero-order valence-electron chi connectivity index (χ0n) is 13.6. The number of hydrogen-bond acceptors (Lipinski definition) is 3. The number of hydrogen-bond donors (Lipinski definition) is 0. The van der Waals surface area contributed by atoms with E-state index in [1.165, 1.54) is 25.7 Å². The first kappa shape index (κ1) is 16.4. The Morgan fingerprint density at radius 1 is 1.19 bits per heavy atom. The van der Waals surface area contributed by atoms with Gasteiger partial charge in [0.1, 0.15) is 5.76 Å². The van der Waals surface area contributed by atoms with E-state index in [4.69, 9.17) is 9.47 Å². The molecule has 1 atom stereocenters. The van der Waals surface area contributed by atoms with E-state index in [0.29, 0.717) is 6.61 Å². The molecule has 0 aromatic rings. The summed E-state index contributed by atoms with van der Waals surface area (Å²) in [6.07, 6.45) is 12.2. The van der Waals surface area contributed by atoms with Crippen molar-refractivity contribution in [2.45, 2.75) is 71.6 Å². The fraction of sp³-hybridized carbons (Fsp3) is 0.833. The van der Waals surface area contributed by atoms with E-state index < -0.39 is 6.16 Å². The Balaban J connectivity index is 1.70. The summed E-state index contributed by atoms with van der Waals surface area (Å²) in [5, 5.41) is 0. The van der Waals surface area contributed by atoms with Crippen LogP contribution in [-0.4, -0.2) is 12.8 Å². The minimum atomic E-state index is -0.528. The van der Waals surface area contributed by atoms with Crippen LogP contribution < -0.4 is 0 Å². The van der Waals surface area contributed by atoms with Crippen molar-refractivity contribution in [2.75, 3.05) is 6.61 Å². The van der Waals surface area contributed by atoms with Crippen LogP contribution in [0.15, 0.2) is 11.8 Å². The summed E-state index contributed by atoms with van der Waals surface area (Å²) in [6, 6.07) is 0. The number of allylic oxidation sites excluding steroid dienone is 2. The van der Waals surface area contributed by atoms with Crippen molar-refractivity contribution in [1.29, 1.82) is 0 Å². The maximum atomic E-state index is 11.5. The van der Waals surface area contributed by atoms with E-state index >= 15 is 0 Å². The van der Waals surface area contributed by atoms with Crippen LogP contribution in [-0.2, 0) is 9.47 Å². The summed E-state index contributed by atoms with van der Waals surface area (Å²) in [6.45, 7) is 4.91. The molecule has 0 radical (unpaired) electrons. The maximum Gasteiger partial charge on any atom is 0.513 e. The Hall–Kier alpha value is -0.990. The van der Waals surface area contributed by atoms with Gasteiger partial charge in [0, 0.05) is 6.42 Å². The van der Waals surface area contributed by atoms with Gasteiger partial charge in [-0.3, -0.25) is 0 Å². The molecule has 0 saturated heterocycles. The van der Waals surface area contributed by atoms with E-state index in [2.05, 4.69) is 19.9 Å². The number of carbonyl (C=O) groups is 1. The predicted octanol–water partition coefficient (Wildman–Crippen LogP) is 5.45. The molecule has 0 N–H and O–H groups in total. The molecule has 0 heterocycles. The van der Waals surface area contributed by atoms with Crippen molar-refractivity contribution < 1.29 is 14.3 Å². The van der Waals surface area contributed by atoms with Crippen molar-refractivity contribution in [3.8, 4) is 0 Å². The molecule has 1 fully saturated rings. The molecular weight excluding hydrogens is 264 g/mol. The van der Waals surface area contributed by atoms with Gasteiger partial charge in [0.2, 0.25) is 0 Å². The Kier molecular flexibility index (Phi) is 6.59. The van der Waals surface area contributed by atoms with Gasteiger partial charge in [-0.15, -0.1) is 0 Å². The lowest BCUT2D eigenvalue weighted by molar-refractivity contribution is 0.0704. The van der Waals surface area contributed by atoms with E-state index in [1.807, 2.05) is 0 Å². The fourth-order valence-electron chi connectivity index (χ4n) is 3.54. The summed E-state index contributed by atoms with van der Waals surface area (Å²) < 4.78 is 10.3. The average Bonchev–Trinajstić information content (AvgIpc) is 2.49. The van der Waals surface area contributed by atoms with Gasteiger partial charge in [-0.25, -0.2) is 4.79 Å².